The molecule has 0 fully saturated rings. The van der Waals surface area contributed by atoms with E-state index in [1.807, 2.05) is 0 Å². The summed E-state index contributed by atoms with van der Waals surface area (Å²) >= 11 is 1.18. The van der Waals surface area contributed by atoms with Crippen molar-refractivity contribution in [3.8, 4) is 0 Å². The first-order valence-electron chi connectivity index (χ1n) is 4.05. The predicted octanol–water partition coefficient (Wildman–Crippen LogP) is -0.216. The number of aromatic nitrogens is 4. The van der Waals surface area contributed by atoms with Gasteiger partial charge in [-0.25, -0.2) is 4.68 Å². The third-order valence-corrected chi connectivity index (χ3v) is 2.46. The Morgan fingerprint density at radius 2 is 2.36 bits per heavy atom. The van der Waals surface area contributed by atoms with E-state index in [1.165, 1.54) is 11.3 Å². The molecule has 0 aromatic carbocycles. The molecule has 2 aromatic rings. The third kappa shape index (κ3) is 1.82. The number of nitrogens with zero attached hydrogens (tertiary/aromatic N) is 4. The van der Waals surface area contributed by atoms with Gasteiger partial charge in [0.2, 0.25) is 0 Å². The molecule has 0 aliphatic carbocycles. The van der Waals surface area contributed by atoms with Crippen LogP contribution in [0.5, 0.6) is 0 Å². The molecule has 2 N–H and O–H groups in total. The van der Waals surface area contributed by atoms with Crippen molar-refractivity contribution in [3.63, 3.8) is 0 Å². The summed E-state index contributed by atoms with van der Waals surface area (Å²) in [5.74, 6) is 0.391. The molecule has 0 bridgehead atoms. The molecule has 2 aromatic heterocycles. The van der Waals surface area contributed by atoms with Gasteiger partial charge in [-0.2, -0.15) is 0 Å². The maximum atomic E-state index is 11.2. The summed E-state index contributed by atoms with van der Waals surface area (Å²) in [5.41, 5.74) is 5.40. The number of aryl methyl sites for hydroxylation is 2. The average molecular weight is 211 g/mol. The van der Waals surface area contributed by atoms with Crippen molar-refractivity contribution >= 4 is 17.2 Å². The quantitative estimate of drug-likeness (QED) is 0.761. The first kappa shape index (κ1) is 8.95. The number of thiazole rings is 1. The molecule has 2 heterocycles. The van der Waals surface area contributed by atoms with E-state index >= 15 is 0 Å². The van der Waals surface area contributed by atoms with Gasteiger partial charge in [0.15, 0.2) is 5.82 Å². The van der Waals surface area contributed by atoms with E-state index in [0.717, 1.165) is 0 Å². The molecule has 0 aliphatic heterocycles. The highest BCUT2D eigenvalue weighted by Crippen LogP contribution is 1.94. The second-order valence-electron chi connectivity index (χ2n) is 2.77. The number of hydrogen-bond acceptors (Lipinski definition) is 5. The summed E-state index contributed by atoms with van der Waals surface area (Å²) in [6, 6.07) is 0. The lowest BCUT2D eigenvalue weighted by molar-refractivity contribution is 0.515. The highest BCUT2D eigenvalue weighted by molar-refractivity contribution is 7.07. The van der Waals surface area contributed by atoms with Crippen LogP contribution in [0.4, 0.5) is 5.82 Å². The highest BCUT2D eigenvalue weighted by atomic mass is 32.1. The van der Waals surface area contributed by atoms with E-state index in [1.54, 1.807) is 27.0 Å². The van der Waals surface area contributed by atoms with Crippen LogP contribution in [-0.4, -0.2) is 19.6 Å². The maximum Gasteiger partial charge on any atom is 0.307 e. The summed E-state index contributed by atoms with van der Waals surface area (Å²) < 4.78 is 3.24. The molecule has 0 saturated heterocycles. The minimum Gasteiger partial charge on any atom is -0.381 e. The Balaban J connectivity index is 2.01. The number of hydrogen-bond donors (Lipinski definition) is 1. The van der Waals surface area contributed by atoms with Gasteiger partial charge >= 0.3 is 4.87 Å². The Labute approximate surface area is 83.6 Å². The Kier molecular flexibility index (Phi) is 2.32. The zero-order valence-electron chi connectivity index (χ0n) is 7.33. The average Bonchev–Trinajstić information content (AvgIpc) is 2.72. The molecule has 2 rings (SSSR count). The van der Waals surface area contributed by atoms with E-state index < -0.39 is 0 Å². The second kappa shape index (κ2) is 3.62. The molecule has 0 atom stereocenters. The van der Waals surface area contributed by atoms with E-state index in [-0.39, 0.29) is 4.87 Å². The van der Waals surface area contributed by atoms with Crippen molar-refractivity contribution in [2.75, 3.05) is 5.73 Å². The molecule has 6 nitrogen and oxygen atoms in total. The van der Waals surface area contributed by atoms with Gasteiger partial charge in [0, 0.05) is 18.1 Å². The lowest BCUT2D eigenvalue weighted by Crippen LogP contribution is -2.16. The third-order valence-electron chi connectivity index (χ3n) is 1.77. The van der Waals surface area contributed by atoms with Crippen molar-refractivity contribution in [2.45, 2.75) is 13.1 Å². The van der Waals surface area contributed by atoms with Crippen LogP contribution in [0.15, 0.2) is 22.6 Å². The van der Waals surface area contributed by atoms with Crippen LogP contribution >= 0.6 is 11.3 Å². The fourth-order valence-corrected chi connectivity index (χ4v) is 1.70. The van der Waals surface area contributed by atoms with Gasteiger partial charge in [0.25, 0.3) is 0 Å². The summed E-state index contributed by atoms with van der Waals surface area (Å²) in [5, 5.41) is 9.18. The highest BCUT2D eigenvalue weighted by Gasteiger charge is 1.98. The van der Waals surface area contributed by atoms with Crippen LogP contribution in [0.3, 0.4) is 0 Å². The van der Waals surface area contributed by atoms with Gasteiger partial charge in [-0.05, 0) is 0 Å². The Morgan fingerprint density at radius 3 is 2.93 bits per heavy atom. The molecule has 0 amide bonds. The maximum absolute atomic E-state index is 11.2. The summed E-state index contributed by atoms with van der Waals surface area (Å²) in [7, 11) is 0. The second-order valence-corrected chi connectivity index (χ2v) is 3.63. The Hall–Kier alpha value is -1.63. The van der Waals surface area contributed by atoms with E-state index in [0.29, 0.717) is 18.9 Å². The molecular weight excluding hydrogens is 202 g/mol. The van der Waals surface area contributed by atoms with Crippen LogP contribution in [0.25, 0.3) is 0 Å². The monoisotopic (exact) mass is 211 g/mol. The standard InChI is InChI=1S/C7H9N5OS/c8-6-5-12(10-9-6)2-1-11-3-4-14-7(11)13/h3-5H,1-2,8H2. The van der Waals surface area contributed by atoms with Crippen LogP contribution in [-0.2, 0) is 13.1 Å². The van der Waals surface area contributed by atoms with Crippen molar-refractivity contribution in [1.82, 2.24) is 19.6 Å². The molecule has 74 valence electrons. The van der Waals surface area contributed by atoms with Gasteiger partial charge in [0.1, 0.15) is 0 Å². The molecule has 0 saturated carbocycles. The van der Waals surface area contributed by atoms with Crippen molar-refractivity contribution in [3.05, 3.63) is 27.4 Å². The fourth-order valence-electron chi connectivity index (χ4n) is 1.09. The van der Waals surface area contributed by atoms with Crippen LogP contribution in [0.1, 0.15) is 0 Å². The first-order valence-corrected chi connectivity index (χ1v) is 4.93. The van der Waals surface area contributed by atoms with Crippen LogP contribution in [0.2, 0.25) is 0 Å². The first-order chi connectivity index (χ1) is 6.75. The molecule has 0 radical (unpaired) electrons. The number of nitrogens with two attached hydrogens (primary N) is 1. The molecule has 0 unspecified atom stereocenters. The minimum absolute atomic E-state index is 0.0399. The van der Waals surface area contributed by atoms with Gasteiger partial charge in [-0.15, -0.1) is 5.10 Å². The lowest BCUT2D eigenvalue weighted by Gasteiger charge is -1.99. The topological polar surface area (TPSA) is 78.7 Å². The lowest BCUT2D eigenvalue weighted by atomic mass is 10.6. The minimum atomic E-state index is 0.0399. The van der Waals surface area contributed by atoms with Crippen molar-refractivity contribution < 1.29 is 0 Å². The molecule has 14 heavy (non-hydrogen) atoms. The Bertz CT molecular complexity index is 470. The molecule has 0 spiro atoms. The normalized spacial score (nSPS) is 10.6. The SMILES string of the molecule is Nc1cn(CCn2ccsc2=O)nn1. The molecule has 7 heteroatoms. The van der Waals surface area contributed by atoms with Crippen molar-refractivity contribution in [2.24, 2.45) is 0 Å². The smallest absolute Gasteiger partial charge is 0.307 e. The van der Waals surface area contributed by atoms with Crippen molar-refractivity contribution in [1.29, 1.82) is 0 Å². The molecule has 0 aliphatic rings. The largest absolute Gasteiger partial charge is 0.381 e. The number of rotatable bonds is 3. The summed E-state index contributed by atoms with van der Waals surface area (Å²) in [6.07, 6.45) is 3.39. The van der Waals surface area contributed by atoms with Gasteiger partial charge in [0.05, 0.1) is 12.7 Å². The fraction of sp³-hybridized carbons (Fsp3) is 0.286. The van der Waals surface area contributed by atoms with Crippen LogP contribution in [0, 0.1) is 0 Å². The molecular formula is C7H9N5OS. The van der Waals surface area contributed by atoms with Gasteiger partial charge in [-0.3, -0.25) is 4.79 Å². The summed E-state index contributed by atoms with van der Waals surface area (Å²) in [6.45, 7) is 1.19. The van der Waals surface area contributed by atoms with E-state index in [2.05, 4.69) is 10.3 Å². The Morgan fingerprint density at radius 1 is 1.50 bits per heavy atom. The van der Waals surface area contributed by atoms with Gasteiger partial charge in [-0.1, -0.05) is 16.6 Å². The van der Waals surface area contributed by atoms with E-state index in [9.17, 15) is 4.79 Å². The zero-order chi connectivity index (χ0) is 9.97. The van der Waals surface area contributed by atoms with E-state index in [4.69, 9.17) is 5.73 Å². The van der Waals surface area contributed by atoms with Crippen LogP contribution < -0.4 is 10.6 Å². The summed E-state index contributed by atoms with van der Waals surface area (Å²) in [4.78, 5) is 11.2. The number of anilines is 1. The van der Waals surface area contributed by atoms with Gasteiger partial charge < -0.3 is 10.3 Å². The number of nitrogen functional groups attached to an aromatic ring is 1. The predicted molar refractivity (Wildman–Crippen MR) is 53.0 cm³/mol. The zero-order valence-corrected chi connectivity index (χ0v) is 8.15.